The number of anilines is 1. The van der Waals surface area contributed by atoms with Crippen molar-refractivity contribution in [2.75, 3.05) is 11.9 Å². The van der Waals surface area contributed by atoms with Crippen LogP contribution < -0.4 is 11.1 Å². The van der Waals surface area contributed by atoms with E-state index >= 15 is 0 Å². The number of hydrogen-bond acceptors (Lipinski definition) is 4. The monoisotopic (exact) mass is 283 g/mol. The van der Waals surface area contributed by atoms with Crippen LogP contribution in [0.1, 0.15) is 12.5 Å². The van der Waals surface area contributed by atoms with Crippen LogP contribution in [0.2, 0.25) is 0 Å². The van der Waals surface area contributed by atoms with Crippen LogP contribution in [0.5, 0.6) is 0 Å². The summed E-state index contributed by atoms with van der Waals surface area (Å²) in [6, 6.07) is 18.4. The molecule has 4 heteroatoms. The standard InChI is InChI=1S/C16H17N3S/c1-16(11-17,12-7-3-2-4-8-12)18-15-13-9-5-6-10-14(13)19-20-15/h2-10,18H,11,17H2,1H3. The van der Waals surface area contributed by atoms with Crippen LogP contribution in [0, 0.1) is 0 Å². The van der Waals surface area contributed by atoms with Gasteiger partial charge in [-0.15, -0.1) is 0 Å². The average molecular weight is 283 g/mol. The zero-order valence-electron chi connectivity index (χ0n) is 11.3. The Kier molecular flexibility index (Phi) is 3.42. The van der Waals surface area contributed by atoms with Crippen molar-refractivity contribution in [3.8, 4) is 0 Å². The fourth-order valence-electron chi connectivity index (χ4n) is 2.28. The Labute approximate surface area is 122 Å². The number of rotatable bonds is 4. The number of aromatic nitrogens is 1. The molecule has 0 fully saturated rings. The van der Waals surface area contributed by atoms with Gasteiger partial charge in [0.15, 0.2) is 0 Å². The molecule has 0 radical (unpaired) electrons. The van der Waals surface area contributed by atoms with Crippen LogP contribution in [0.15, 0.2) is 54.6 Å². The van der Waals surface area contributed by atoms with E-state index in [0.29, 0.717) is 6.54 Å². The number of hydrogen-bond donors (Lipinski definition) is 2. The maximum Gasteiger partial charge on any atom is 0.118 e. The fraction of sp³-hybridized carbons (Fsp3) is 0.188. The predicted octanol–water partition coefficient (Wildman–Crippen LogP) is 3.58. The number of nitrogens with one attached hydrogen (secondary N) is 1. The molecule has 1 atom stereocenters. The Morgan fingerprint density at radius 3 is 2.55 bits per heavy atom. The van der Waals surface area contributed by atoms with Gasteiger partial charge < -0.3 is 11.1 Å². The number of benzene rings is 2. The topological polar surface area (TPSA) is 50.9 Å². The molecule has 0 saturated carbocycles. The molecule has 2 aromatic carbocycles. The number of nitrogens with zero attached hydrogens (tertiary/aromatic N) is 1. The summed E-state index contributed by atoms with van der Waals surface area (Å²) in [5, 5.41) is 5.79. The van der Waals surface area contributed by atoms with E-state index in [-0.39, 0.29) is 5.54 Å². The van der Waals surface area contributed by atoms with Gasteiger partial charge in [0.25, 0.3) is 0 Å². The van der Waals surface area contributed by atoms with E-state index in [2.05, 4.69) is 34.8 Å². The van der Waals surface area contributed by atoms with Gasteiger partial charge in [0.05, 0.1) is 11.1 Å². The molecule has 1 heterocycles. The Bertz CT molecular complexity index is 708. The summed E-state index contributed by atoms with van der Waals surface area (Å²) in [5.41, 5.74) is 7.93. The molecule has 0 spiro atoms. The Balaban J connectivity index is 1.99. The van der Waals surface area contributed by atoms with Crippen molar-refractivity contribution in [2.24, 2.45) is 5.73 Å². The zero-order valence-corrected chi connectivity index (χ0v) is 12.2. The average Bonchev–Trinajstić information content (AvgIpc) is 2.91. The zero-order chi connectivity index (χ0) is 14.0. The minimum atomic E-state index is -0.295. The third kappa shape index (κ3) is 2.28. The van der Waals surface area contributed by atoms with Gasteiger partial charge in [-0.1, -0.05) is 42.5 Å². The summed E-state index contributed by atoms with van der Waals surface area (Å²) in [6.45, 7) is 2.64. The van der Waals surface area contributed by atoms with E-state index < -0.39 is 0 Å². The smallest absolute Gasteiger partial charge is 0.118 e. The highest BCUT2D eigenvalue weighted by Gasteiger charge is 2.25. The summed E-state index contributed by atoms with van der Waals surface area (Å²) in [5.74, 6) is 0. The molecule has 0 aliphatic carbocycles. The maximum absolute atomic E-state index is 6.02. The van der Waals surface area contributed by atoms with Crippen molar-refractivity contribution < 1.29 is 0 Å². The van der Waals surface area contributed by atoms with Gasteiger partial charge in [0, 0.05) is 11.9 Å². The lowest BCUT2D eigenvalue weighted by Gasteiger charge is -2.30. The van der Waals surface area contributed by atoms with E-state index in [1.54, 1.807) is 0 Å². The van der Waals surface area contributed by atoms with Gasteiger partial charge in [0.1, 0.15) is 5.00 Å². The van der Waals surface area contributed by atoms with Crippen molar-refractivity contribution in [1.82, 2.24) is 4.37 Å². The quantitative estimate of drug-likeness (QED) is 0.769. The van der Waals surface area contributed by atoms with E-state index in [1.807, 2.05) is 36.4 Å². The normalized spacial score (nSPS) is 14.1. The summed E-state index contributed by atoms with van der Waals surface area (Å²) < 4.78 is 4.47. The minimum Gasteiger partial charge on any atom is -0.365 e. The third-order valence-electron chi connectivity index (χ3n) is 3.59. The molecule has 20 heavy (non-hydrogen) atoms. The summed E-state index contributed by atoms with van der Waals surface area (Å²) in [7, 11) is 0. The second-order valence-electron chi connectivity index (χ2n) is 5.06. The number of fused-ring (bicyclic) bond motifs is 1. The first-order valence-electron chi connectivity index (χ1n) is 6.61. The van der Waals surface area contributed by atoms with Crippen molar-refractivity contribution in [2.45, 2.75) is 12.5 Å². The van der Waals surface area contributed by atoms with E-state index in [9.17, 15) is 0 Å². The summed E-state index contributed by atoms with van der Waals surface area (Å²) in [4.78, 5) is 0. The molecule has 0 saturated heterocycles. The van der Waals surface area contributed by atoms with Gasteiger partial charge >= 0.3 is 0 Å². The lowest BCUT2D eigenvalue weighted by Crippen LogP contribution is -2.39. The van der Waals surface area contributed by atoms with Crippen molar-refractivity contribution in [3.05, 3.63) is 60.2 Å². The molecule has 3 aromatic rings. The van der Waals surface area contributed by atoms with Crippen LogP contribution in [-0.4, -0.2) is 10.9 Å². The van der Waals surface area contributed by atoms with Gasteiger partial charge in [-0.3, -0.25) is 0 Å². The van der Waals surface area contributed by atoms with E-state index in [0.717, 1.165) is 15.9 Å². The molecule has 0 amide bonds. The van der Waals surface area contributed by atoms with E-state index in [4.69, 9.17) is 5.73 Å². The predicted molar refractivity (Wildman–Crippen MR) is 86.1 cm³/mol. The summed E-state index contributed by atoms with van der Waals surface area (Å²) >= 11 is 1.48. The lowest BCUT2D eigenvalue weighted by molar-refractivity contribution is 0.559. The maximum atomic E-state index is 6.02. The van der Waals surface area contributed by atoms with Gasteiger partial charge in [0.2, 0.25) is 0 Å². The van der Waals surface area contributed by atoms with Crippen molar-refractivity contribution in [3.63, 3.8) is 0 Å². The molecule has 102 valence electrons. The Hall–Kier alpha value is -1.91. The molecule has 0 bridgehead atoms. The molecular weight excluding hydrogens is 266 g/mol. The minimum absolute atomic E-state index is 0.295. The molecule has 1 aromatic heterocycles. The van der Waals surface area contributed by atoms with E-state index in [1.165, 1.54) is 17.1 Å². The Morgan fingerprint density at radius 2 is 1.80 bits per heavy atom. The van der Waals surface area contributed by atoms with Crippen LogP contribution in [-0.2, 0) is 5.54 Å². The molecule has 3 N–H and O–H groups in total. The summed E-state index contributed by atoms with van der Waals surface area (Å²) in [6.07, 6.45) is 0. The number of nitrogens with two attached hydrogens (primary N) is 1. The van der Waals surface area contributed by atoms with Crippen molar-refractivity contribution in [1.29, 1.82) is 0 Å². The highest BCUT2D eigenvalue weighted by atomic mass is 32.1. The highest BCUT2D eigenvalue weighted by molar-refractivity contribution is 7.11. The van der Waals surface area contributed by atoms with Crippen molar-refractivity contribution >= 4 is 27.4 Å². The van der Waals surface area contributed by atoms with Gasteiger partial charge in [-0.25, -0.2) is 0 Å². The first-order valence-corrected chi connectivity index (χ1v) is 7.38. The first kappa shape index (κ1) is 13.1. The molecule has 3 rings (SSSR count). The second kappa shape index (κ2) is 5.23. The van der Waals surface area contributed by atoms with Crippen LogP contribution >= 0.6 is 11.5 Å². The fourth-order valence-corrected chi connectivity index (χ4v) is 3.17. The molecular formula is C16H17N3S. The Morgan fingerprint density at radius 1 is 1.10 bits per heavy atom. The SMILES string of the molecule is CC(CN)(Nc1snc2ccccc12)c1ccccc1. The third-order valence-corrected chi connectivity index (χ3v) is 4.39. The highest BCUT2D eigenvalue weighted by Crippen LogP contribution is 2.33. The van der Waals surface area contributed by atoms with Crippen LogP contribution in [0.3, 0.4) is 0 Å². The molecule has 0 aliphatic rings. The van der Waals surface area contributed by atoms with Gasteiger partial charge in [-0.2, -0.15) is 4.37 Å². The van der Waals surface area contributed by atoms with Crippen LogP contribution in [0.4, 0.5) is 5.00 Å². The largest absolute Gasteiger partial charge is 0.365 e. The molecule has 1 unspecified atom stereocenters. The van der Waals surface area contributed by atoms with Crippen LogP contribution in [0.25, 0.3) is 10.9 Å². The first-order chi connectivity index (χ1) is 9.73. The van der Waals surface area contributed by atoms with Gasteiger partial charge in [-0.05, 0) is 36.2 Å². The molecule has 3 nitrogen and oxygen atoms in total. The molecule has 0 aliphatic heterocycles. The lowest BCUT2D eigenvalue weighted by atomic mass is 9.92. The second-order valence-corrected chi connectivity index (χ2v) is 5.83.